The molecule has 84 valence electrons. The van der Waals surface area contributed by atoms with Gasteiger partial charge >= 0.3 is 0 Å². The van der Waals surface area contributed by atoms with Gasteiger partial charge in [0.05, 0.1) is 0 Å². The highest BCUT2D eigenvalue weighted by Gasteiger charge is 1.90. The number of rotatable bonds is 9. The lowest BCUT2D eigenvalue weighted by atomic mass is 10.1. The van der Waals surface area contributed by atoms with Crippen LogP contribution in [0.5, 0.6) is 0 Å². The molecule has 0 heterocycles. The van der Waals surface area contributed by atoms with Gasteiger partial charge in [0.25, 0.3) is 0 Å². The van der Waals surface area contributed by atoms with Crippen LogP contribution in [-0.4, -0.2) is 0 Å². The van der Waals surface area contributed by atoms with Gasteiger partial charge in [-0.15, -0.1) is 0 Å². The molecule has 0 radical (unpaired) electrons. The molecule has 0 fully saturated rings. The van der Waals surface area contributed by atoms with Crippen molar-refractivity contribution in [3.63, 3.8) is 0 Å². The second-order valence-electron chi connectivity index (χ2n) is 4.36. The highest BCUT2D eigenvalue weighted by Crippen LogP contribution is 2.10. The van der Waals surface area contributed by atoms with Gasteiger partial charge in [0.1, 0.15) is 0 Å². The van der Waals surface area contributed by atoms with Crippen molar-refractivity contribution < 1.29 is 0 Å². The van der Waals surface area contributed by atoms with Crippen molar-refractivity contribution in [2.45, 2.75) is 78.6 Å². The van der Waals surface area contributed by atoms with E-state index in [9.17, 15) is 0 Å². The van der Waals surface area contributed by atoms with Crippen LogP contribution in [-0.2, 0) is 0 Å². The van der Waals surface area contributed by atoms with Gasteiger partial charge in [-0.05, 0) is 32.6 Å². The minimum atomic E-state index is 1.30. The lowest BCUT2D eigenvalue weighted by Crippen LogP contribution is -1.80. The summed E-state index contributed by atoms with van der Waals surface area (Å²) < 4.78 is 0. The number of hydrogen-bond donors (Lipinski definition) is 0. The van der Waals surface area contributed by atoms with Crippen molar-refractivity contribution in [1.82, 2.24) is 0 Å². The predicted molar refractivity (Wildman–Crippen MR) is 66.7 cm³/mol. The summed E-state index contributed by atoms with van der Waals surface area (Å²) in [6, 6.07) is 0. The highest BCUT2D eigenvalue weighted by molar-refractivity contribution is 4.97. The minimum Gasteiger partial charge on any atom is -0.0856 e. The molecule has 0 saturated heterocycles. The lowest BCUT2D eigenvalue weighted by Gasteiger charge is -2.00. The minimum absolute atomic E-state index is 1.30. The van der Waals surface area contributed by atoms with Crippen LogP contribution in [0.1, 0.15) is 78.6 Å². The van der Waals surface area contributed by atoms with E-state index in [-0.39, 0.29) is 0 Å². The average Bonchev–Trinajstić information content (AvgIpc) is 2.20. The number of hydrogen-bond acceptors (Lipinski definition) is 0. The van der Waals surface area contributed by atoms with Gasteiger partial charge in [0.15, 0.2) is 0 Å². The first-order chi connectivity index (χ1) is 6.81. The average molecular weight is 196 g/mol. The molecule has 0 unspecified atom stereocenters. The predicted octanol–water partition coefficient (Wildman–Crippen LogP) is 5.48. The number of unbranched alkanes of at least 4 members (excludes halogenated alkanes) is 6. The molecule has 0 heteroatoms. The fourth-order valence-electron chi connectivity index (χ4n) is 1.65. The largest absolute Gasteiger partial charge is 0.0856 e. The van der Waals surface area contributed by atoms with Crippen LogP contribution in [0, 0.1) is 0 Å². The van der Waals surface area contributed by atoms with Crippen LogP contribution in [0.4, 0.5) is 0 Å². The monoisotopic (exact) mass is 196 g/mol. The molecule has 0 saturated carbocycles. The summed E-state index contributed by atoms with van der Waals surface area (Å²) in [5.74, 6) is 0. The van der Waals surface area contributed by atoms with E-state index >= 15 is 0 Å². The molecular weight excluding hydrogens is 168 g/mol. The molecule has 0 aliphatic carbocycles. The van der Waals surface area contributed by atoms with Crippen LogP contribution in [0.2, 0.25) is 0 Å². The Balaban J connectivity index is 3.23. The molecule has 14 heavy (non-hydrogen) atoms. The summed E-state index contributed by atoms with van der Waals surface area (Å²) >= 11 is 0. The van der Waals surface area contributed by atoms with E-state index in [1.165, 1.54) is 57.8 Å². The summed E-state index contributed by atoms with van der Waals surface area (Å²) in [7, 11) is 0. The van der Waals surface area contributed by atoms with Crippen LogP contribution in [0.25, 0.3) is 0 Å². The van der Waals surface area contributed by atoms with Gasteiger partial charge in [-0.2, -0.15) is 0 Å². The fraction of sp³-hybridized carbons (Fsp3) is 0.857. The molecule has 0 spiro atoms. The van der Waals surface area contributed by atoms with Crippen molar-refractivity contribution in [2.24, 2.45) is 0 Å². The molecule has 0 bridgehead atoms. The third kappa shape index (κ3) is 9.83. The Morgan fingerprint density at radius 3 is 2.14 bits per heavy atom. The Hall–Kier alpha value is -0.260. The SMILES string of the molecule is CCCCCCCC=C(C)CCCC. The van der Waals surface area contributed by atoms with Gasteiger partial charge in [-0.1, -0.05) is 57.6 Å². The van der Waals surface area contributed by atoms with Crippen molar-refractivity contribution in [3.8, 4) is 0 Å². The zero-order chi connectivity index (χ0) is 10.6. The van der Waals surface area contributed by atoms with Crippen molar-refractivity contribution in [1.29, 1.82) is 0 Å². The van der Waals surface area contributed by atoms with E-state index in [0.29, 0.717) is 0 Å². The molecule has 0 rings (SSSR count). The molecule has 0 aromatic rings. The first-order valence-corrected chi connectivity index (χ1v) is 6.46. The quantitative estimate of drug-likeness (QED) is 0.338. The first kappa shape index (κ1) is 13.7. The molecule has 0 N–H and O–H groups in total. The van der Waals surface area contributed by atoms with E-state index in [1.54, 1.807) is 5.57 Å². The Morgan fingerprint density at radius 2 is 1.50 bits per heavy atom. The van der Waals surface area contributed by atoms with E-state index < -0.39 is 0 Å². The van der Waals surface area contributed by atoms with Gasteiger partial charge in [-0.25, -0.2) is 0 Å². The highest BCUT2D eigenvalue weighted by atomic mass is 14.0. The van der Waals surface area contributed by atoms with Crippen molar-refractivity contribution in [3.05, 3.63) is 11.6 Å². The van der Waals surface area contributed by atoms with Crippen molar-refractivity contribution in [2.75, 3.05) is 0 Å². The molecule has 0 aliphatic rings. The topological polar surface area (TPSA) is 0 Å². The zero-order valence-corrected chi connectivity index (χ0v) is 10.4. The summed E-state index contributed by atoms with van der Waals surface area (Å²) in [5, 5.41) is 0. The third-order valence-corrected chi connectivity index (χ3v) is 2.73. The maximum atomic E-state index is 2.45. The van der Waals surface area contributed by atoms with Crippen molar-refractivity contribution >= 4 is 0 Å². The fourth-order valence-corrected chi connectivity index (χ4v) is 1.65. The molecule has 0 aromatic carbocycles. The summed E-state index contributed by atoms with van der Waals surface area (Å²) in [5.41, 5.74) is 1.60. The van der Waals surface area contributed by atoms with Gasteiger partial charge in [0, 0.05) is 0 Å². The summed E-state index contributed by atoms with van der Waals surface area (Å²) in [6.07, 6.45) is 14.8. The second kappa shape index (κ2) is 10.8. The normalized spacial score (nSPS) is 12.1. The zero-order valence-electron chi connectivity index (χ0n) is 10.4. The second-order valence-corrected chi connectivity index (χ2v) is 4.36. The Morgan fingerprint density at radius 1 is 0.857 bits per heavy atom. The molecular formula is C14H28. The van der Waals surface area contributed by atoms with Gasteiger partial charge < -0.3 is 0 Å². The van der Waals surface area contributed by atoms with E-state index in [2.05, 4.69) is 26.8 Å². The smallest absolute Gasteiger partial charge is 0.0323 e. The molecule has 0 aliphatic heterocycles. The standard InChI is InChI=1S/C14H28/c1-4-6-8-9-10-11-13-14(3)12-7-5-2/h13H,4-12H2,1-3H3. The maximum Gasteiger partial charge on any atom is -0.0323 e. The van der Waals surface area contributed by atoms with Gasteiger partial charge in [0.2, 0.25) is 0 Å². The van der Waals surface area contributed by atoms with Crippen LogP contribution in [0.3, 0.4) is 0 Å². The lowest BCUT2D eigenvalue weighted by molar-refractivity contribution is 0.635. The van der Waals surface area contributed by atoms with Crippen LogP contribution >= 0.6 is 0 Å². The van der Waals surface area contributed by atoms with Crippen LogP contribution < -0.4 is 0 Å². The van der Waals surface area contributed by atoms with Crippen LogP contribution in [0.15, 0.2) is 11.6 Å². The molecule has 0 aromatic heterocycles. The van der Waals surface area contributed by atoms with E-state index in [1.807, 2.05) is 0 Å². The summed E-state index contributed by atoms with van der Waals surface area (Å²) in [4.78, 5) is 0. The Labute approximate surface area is 90.8 Å². The summed E-state index contributed by atoms with van der Waals surface area (Å²) in [6.45, 7) is 6.81. The maximum absolute atomic E-state index is 2.45. The molecule has 0 amide bonds. The molecule has 0 atom stereocenters. The Bertz CT molecular complexity index is 133. The van der Waals surface area contributed by atoms with Gasteiger partial charge in [-0.3, -0.25) is 0 Å². The molecule has 0 nitrogen and oxygen atoms in total. The third-order valence-electron chi connectivity index (χ3n) is 2.73. The van der Waals surface area contributed by atoms with E-state index in [0.717, 1.165) is 0 Å². The Kier molecular flexibility index (Phi) is 10.6. The number of allylic oxidation sites excluding steroid dienone is 2. The first-order valence-electron chi connectivity index (χ1n) is 6.46. The van der Waals surface area contributed by atoms with E-state index in [4.69, 9.17) is 0 Å².